The van der Waals surface area contributed by atoms with Crippen LogP contribution in [0.3, 0.4) is 0 Å². The molecular weight excluding hydrogens is 569 g/mol. The molecule has 1 nitrogen and oxygen atoms in total. The zero-order chi connectivity index (χ0) is 30.9. The van der Waals surface area contributed by atoms with Crippen molar-refractivity contribution in [3.8, 4) is 33.4 Å². The molecule has 218 valence electrons. The van der Waals surface area contributed by atoms with Crippen molar-refractivity contribution >= 4 is 65.0 Å². The Balaban J connectivity index is 1.20. The molecule has 0 aliphatic rings. The molecule has 0 saturated carbocycles. The van der Waals surface area contributed by atoms with Gasteiger partial charge in [0.25, 0.3) is 0 Å². The van der Waals surface area contributed by atoms with Crippen LogP contribution in [0.1, 0.15) is 0 Å². The number of hydrogen-bond acceptors (Lipinski definition) is 1. The monoisotopic (exact) mass is 596 g/mol. The Morgan fingerprint density at radius 3 is 1.38 bits per heavy atom. The molecule has 0 fully saturated rings. The molecule has 47 heavy (non-hydrogen) atoms. The summed E-state index contributed by atoms with van der Waals surface area (Å²) >= 11 is 0. The normalized spacial score (nSPS) is 11.8. The second-order valence-electron chi connectivity index (χ2n) is 12.5. The second-order valence-corrected chi connectivity index (χ2v) is 12.5. The molecule has 10 aromatic rings. The Hall–Kier alpha value is -6.18. The third kappa shape index (κ3) is 4.10. The maximum Gasteiger partial charge on any atom is 0.136 e. The molecule has 0 amide bonds. The number of rotatable bonds is 3. The Kier molecular flexibility index (Phi) is 5.64. The van der Waals surface area contributed by atoms with Crippen LogP contribution < -0.4 is 0 Å². The van der Waals surface area contributed by atoms with Crippen LogP contribution >= 0.6 is 0 Å². The van der Waals surface area contributed by atoms with Gasteiger partial charge in [0.1, 0.15) is 11.2 Å². The van der Waals surface area contributed by atoms with Crippen molar-refractivity contribution in [1.82, 2.24) is 0 Å². The summed E-state index contributed by atoms with van der Waals surface area (Å²) in [6.45, 7) is 0. The molecule has 0 saturated heterocycles. The third-order valence-electron chi connectivity index (χ3n) is 9.79. The highest BCUT2D eigenvalue weighted by atomic mass is 16.3. The van der Waals surface area contributed by atoms with E-state index in [2.05, 4.69) is 170 Å². The van der Waals surface area contributed by atoms with Gasteiger partial charge in [0.05, 0.1) is 0 Å². The van der Waals surface area contributed by atoms with Gasteiger partial charge in [-0.1, -0.05) is 133 Å². The average molecular weight is 597 g/mol. The number of hydrogen-bond donors (Lipinski definition) is 0. The van der Waals surface area contributed by atoms with Crippen molar-refractivity contribution in [1.29, 1.82) is 0 Å². The first-order chi connectivity index (χ1) is 23.3. The third-order valence-corrected chi connectivity index (χ3v) is 9.79. The Morgan fingerprint density at radius 1 is 0.255 bits per heavy atom. The lowest BCUT2D eigenvalue weighted by Gasteiger charge is -2.18. The maximum absolute atomic E-state index is 6.37. The van der Waals surface area contributed by atoms with E-state index in [9.17, 15) is 0 Å². The molecule has 0 atom stereocenters. The van der Waals surface area contributed by atoms with Crippen molar-refractivity contribution < 1.29 is 4.42 Å². The van der Waals surface area contributed by atoms with Crippen LogP contribution in [0, 0.1) is 0 Å². The summed E-state index contributed by atoms with van der Waals surface area (Å²) in [4.78, 5) is 0. The van der Waals surface area contributed by atoms with E-state index in [1.165, 1.54) is 76.5 Å². The van der Waals surface area contributed by atoms with Gasteiger partial charge in [-0.25, -0.2) is 0 Å². The van der Waals surface area contributed by atoms with E-state index in [0.29, 0.717) is 0 Å². The number of benzene rings is 9. The Bertz CT molecular complexity index is 2780. The maximum atomic E-state index is 6.37. The van der Waals surface area contributed by atoms with Crippen LogP contribution in [0.4, 0.5) is 0 Å². The average Bonchev–Trinajstić information content (AvgIpc) is 3.49. The van der Waals surface area contributed by atoms with Crippen molar-refractivity contribution in [2.75, 3.05) is 0 Å². The first kappa shape index (κ1) is 26.1. The molecule has 0 N–H and O–H groups in total. The van der Waals surface area contributed by atoms with E-state index in [4.69, 9.17) is 4.42 Å². The van der Waals surface area contributed by atoms with Crippen molar-refractivity contribution in [2.45, 2.75) is 0 Å². The molecule has 1 aromatic heterocycles. The summed E-state index contributed by atoms with van der Waals surface area (Å²) in [5, 5.41) is 12.2. The fourth-order valence-electron chi connectivity index (χ4n) is 7.58. The van der Waals surface area contributed by atoms with Gasteiger partial charge in [-0.2, -0.15) is 0 Å². The van der Waals surface area contributed by atoms with Crippen molar-refractivity contribution in [3.05, 3.63) is 170 Å². The van der Waals surface area contributed by atoms with Crippen LogP contribution in [-0.2, 0) is 0 Å². The number of furan rings is 1. The van der Waals surface area contributed by atoms with Gasteiger partial charge in [-0.15, -0.1) is 0 Å². The smallest absolute Gasteiger partial charge is 0.136 e. The standard InChI is InChI=1S/C46H28O/c1-2-10-29(11-3-1)32-18-19-34-25-35(21-20-33(34)24-32)45-37-14-6-8-16-39(37)46(40-17-9-7-15-38(40)45)36-22-23-43-41(27-36)42-26-30-12-4-5-13-31(30)28-44(42)47-43/h1-28H. The summed E-state index contributed by atoms with van der Waals surface area (Å²) in [6.07, 6.45) is 0. The van der Waals surface area contributed by atoms with Crippen LogP contribution in [0.15, 0.2) is 174 Å². The van der Waals surface area contributed by atoms with E-state index < -0.39 is 0 Å². The predicted octanol–water partition coefficient (Wildman–Crippen LogP) is 13.2. The zero-order valence-corrected chi connectivity index (χ0v) is 25.6. The molecule has 0 aliphatic carbocycles. The molecule has 0 radical (unpaired) electrons. The van der Waals surface area contributed by atoms with E-state index >= 15 is 0 Å². The van der Waals surface area contributed by atoms with E-state index in [1.54, 1.807) is 0 Å². The highest BCUT2D eigenvalue weighted by Gasteiger charge is 2.18. The van der Waals surface area contributed by atoms with Gasteiger partial charge in [0, 0.05) is 10.8 Å². The topological polar surface area (TPSA) is 13.1 Å². The molecule has 1 heteroatoms. The summed E-state index contributed by atoms with van der Waals surface area (Å²) in [6, 6.07) is 61.7. The highest BCUT2D eigenvalue weighted by molar-refractivity contribution is 6.22. The Labute approximate surface area is 271 Å². The Morgan fingerprint density at radius 2 is 0.723 bits per heavy atom. The van der Waals surface area contributed by atoms with Gasteiger partial charge in [-0.3, -0.25) is 0 Å². The minimum absolute atomic E-state index is 0.913. The largest absolute Gasteiger partial charge is 0.456 e. The van der Waals surface area contributed by atoms with Crippen LogP contribution in [0.2, 0.25) is 0 Å². The minimum Gasteiger partial charge on any atom is -0.456 e. The first-order valence-corrected chi connectivity index (χ1v) is 16.2. The van der Waals surface area contributed by atoms with Gasteiger partial charge >= 0.3 is 0 Å². The van der Waals surface area contributed by atoms with Gasteiger partial charge < -0.3 is 4.42 Å². The van der Waals surface area contributed by atoms with Crippen molar-refractivity contribution in [2.24, 2.45) is 0 Å². The molecule has 9 aromatic carbocycles. The molecule has 0 aliphatic heterocycles. The second kappa shape index (κ2) is 10.2. The molecule has 0 spiro atoms. The summed E-state index contributed by atoms with van der Waals surface area (Å²) < 4.78 is 6.37. The highest BCUT2D eigenvalue weighted by Crippen LogP contribution is 2.45. The summed E-state index contributed by atoms with van der Waals surface area (Å²) in [7, 11) is 0. The zero-order valence-electron chi connectivity index (χ0n) is 25.6. The van der Waals surface area contributed by atoms with Crippen LogP contribution in [0.25, 0.3) is 98.4 Å². The van der Waals surface area contributed by atoms with E-state index in [1.807, 2.05) is 0 Å². The van der Waals surface area contributed by atoms with Crippen molar-refractivity contribution in [3.63, 3.8) is 0 Å². The van der Waals surface area contributed by atoms with Gasteiger partial charge in [-0.05, 0) is 113 Å². The number of fused-ring (bicyclic) bond motifs is 7. The lowest BCUT2D eigenvalue weighted by atomic mass is 9.85. The predicted molar refractivity (Wildman–Crippen MR) is 200 cm³/mol. The molecule has 10 rings (SSSR count). The SMILES string of the molecule is c1ccc(-c2ccc3cc(-c4c5ccccc5c(-c5ccc6oc7cc8ccccc8cc7c6c5)c5ccccc45)ccc3c2)cc1. The van der Waals surface area contributed by atoms with Crippen LogP contribution in [-0.4, -0.2) is 0 Å². The quantitative estimate of drug-likeness (QED) is 0.185. The van der Waals surface area contributed by atoms with E-state index in [0.717, 1.165) is 21.9 Å². The first-order valence-electron chi connectivity index (χ1n) is 16.2. The fourth-order valence-corrected chi connectivity index (χ4v) is 7.58. The molecule has 0 unspecified atom stereocenters. The van der Waals surface area contributed by atoms with Gasteiger partial charge in [0.15, 0.2) is 0 Å². The molecule has 0 bridgehead atoms. The fraction of sp³-hybridized carbons (Fsp3) is 0. The van der Waals surface area contributed by atoms with Crippen LogP contribution in [0.5, 0.6) is 0 Å². The molecular formula is C46H28O. The van der Waals surface area contributed by atoms with E-state index in [-0.39, 0.29) is 0 Å². The summed E-state index contributed by atoms with van der Waals surface area (Å²) in [5.74, 6) is 0. The molecule has 1 heterocycles. The minimum atomic E-state index is 0.913. The lowest BCUT2D eigenvalue weighted by molar-refractivity contribution is 0.669. The summed E-state index contributed by atoms with van der Waals surface area (Å²) in [5.41, 5.74) is 9.26. The van der Waals surface area contributed by atoms with Gasteiger partial charge in [0.2, 0.25) is 0 Å². The lowest BCUT2D eigenvalue weighted by Crippen LogP contribution is -1.91.